The maximum absolute atomic E-state index is 12.4. The van der Waals surface area contributed by atoms with Crippen LogP contribution in [0.1, 0.15) is 60.3 Å². The summed E-state index contributed by atoms with van der Waals surface area (Å²) in [4.78, 5) is 26.4. The van der Waals surface area contributed by atoms with Crippen molar-refractivity contribution in [2.24, 2.45) is 11.3 Å². The van der Waals surface area contributed by atoms with Crippen LogP contribution >= 0.6 is 0 Å². The van der Waals surface area contributed by atoms with Gasteiger partial charge in [-0.15, -0.1) is 0 Å². The third-order valence-electron chi connectivity index (χ3n) is 4.08. The fourth-order valence-electron chi connectivity index (χ4n) is 2.59. The van der Waals surface area contributed by atoms with E-state index in [1.807, 2.05) is 25.7 Å². The second kappa shape index (κ2) is 7.09. The molecule has 116 valence electrons. The van der Waals surface area contributed by atoms with Gasteiger partial charge in [-0.2, -0.15) is 0 Å². The summed E-state index contributed by atoms with van der Waals surface area (Å²) < 4.78 is 0. The molecule has 1 aliphatic heterocycles. The maximum Gasteiger partial charge on any atom is 0.225 e. The van der Waals surface area contributed by atoms with Crippen molar-refractivity contribution in [3.63, 3.8) is 0 Å². The zero-order valence-corrected chi connectivity index (χ0v) is 13.7. The van der Waals surface area contributed by atoms with E-state index in [1.165, 1.54) is 0 Å². The fourth-order valence-corrected chi connectivity index (χ4v) is 2.59. The van der Waals surface area contributed by atoms with Crippen molar-refractivity contribution in [3.8, 4) is 0 Å². The molecule has 1 fully saturated rings. The molecule has 0 saturated carbocycles. The molecule has 0 bridgehead atoms. The highest BCUT2D eigenvalue weighted by atomic mass is 16.2. The number of nitrogens with zero attached hydrogens (tertiary/aromatic N) is 1. The lowest BCUT2D eigenvalue weighted by molar-refractivity contribution is -0.138. The first-order chi connectivity index (χ1) is 9.29. The summed E-state index contributed by atoms with van der Waals surface area (Å²) >= 11 is 0. The maximum atomic E-state index is 12.4. The van der Waals surface area contributed by atoms with Crippen molar-refractivity contribution in [1.29, 1.82) is 0 Å². The van der Waals surface area contributed by atoms with Crippen LogP contribution in [0.4, 0.5) is 0 Å². The SMILES string of the molecule is CCC(CC)C(=O)N1CCCC(NC(=O)C(C)(C)C)C1. The van der Waals surface area contributed by atoms with Gasteiger partial charge in [0.15, 0.2) is 0 Å². The number of amides is 2. The van der Waals surface area contributed by atoms with Crippen LogP contribution in [0.15, 0.2) is 0 Å². The third-order valence-corrected chi connectivity index (χ3v) is 4.08. The van der Waals surface area contributed by atoms with Crippen LogP contribution in [-0.2, 0) is 9.59 Å². The number of carbonyl (C=O) groups is 2. The zero-order valence-electron chi connectivity index (χ0n) is 13.7. The molecule has 1 N–H and O–H groups in total. The van der Waals surface area contributed by atoms with E-state index in [9.17, 15) is 9.59 Å². The van der Waals surface area contributed by atoms with E-state index < -0.39 is 0 Å². The minimum atomic E-state index is -0.373. The van der Waals surface area contributed by atoms with Crippen LogP contribution in [0.5, 0.6) is 0 Å². The van der Waals surface area contributed by atoms with Gasteiger partial charge >= 0.3 is 0 Å². The summed E-state index contributed by atoms with van der Waals surface area (Å²) in [6, 6.07) is 0.105. The van der Waals surface area contributed by atoms with Crippen molar-refractivity contribution in [1.82, 2.24) is 10.2 Å². The highest BCUT2D eigenvalue weighted by Crippen LogP contribution is 2.19. The smallest absolute Gasteiger partial charge is 0.225 e. The largest absolute Gasteiger partial charge is 0.351 e. The Morgan fingerprint density at radius 3 is 2.35 bits per heavy atom. The third kappa shape index (κ3) is 4.50. The topological polar surface area (TPSA) is 49.4 Å². The normalized spacial score (nSPS) is 20.1. The van der Waals surface area contributed by atoms with Crippen LogP contribution in [-0.4, -0.2) is 35.8 Å². The van der Waals surface area contributed by atoms with Crippen molar-refractivity contribution >= 4 is 11.8 Å². The van der Waals surface area contributed by atoms with Crippen molar-refractivity contribution < 1.29 is 9.59 Å². The standard InChI is InChI=1S/C16H30N2O2/c1-6-12(7-2)14(19)18-10-8-9-13(11-18)17-15(20)16(3,4)5/h12-13H,6-11H2,1-5H3,(H,17,20). The van der Waals surface area contributed by atoms with Gasteiger partial charge in [-0.1, -0.05) is 34.6 Å². The Kier molecular flexibility index (Phi) is 6.03. The number of piperidine rings is 1. The molecule has 2 amide bonds. The minimum Gasteiger partial charge on any atom is -0.351 e. The average molecular weight is 282 g/mol. The summed E-state index contributed by atoms with van der Waals surface area (Å²) in [6.45, 7) is 11.4. The van der Waals surface area contributed by atoms with E-state index in [0.717, 1.165) is 32.2 Å². The van der Waals surface area contributed by atoms with E-state index in [-0.39, 0.29) is 29.2 Å². The van der Waals surface area contributed by atoms with E-state index >= 15 is 0 Å². The molecule has 0 aromatic carbocycles. The lowest BCUT2D eigenvalue weighted by atomic mass is 9.94. The van der Waals surface area contributed by atoms with Gasteiger partial charge in [0, 0.05) is 30.5 Å². The fraction of sp³-hybridized carbons (Fsp3) is 0.875. The van der Waals surface area contributed by atoms with Gasteiger partial charge in [-0.05, 0) is 25.7 Å². The van der Waals surface area contributed by atoms with Crippen molar-refractivity contribution in [2.45, 2.75) is 66.3 Å². The Morgan fingerprint density at radius 1 is 1.25 bits per heavy atom. The van der Waals surface area contributed by atoms with Gasteiger partial charge in [0.05, 0.1) is 0 Å². The van der Waals surface area contributed by atoms with Gasteiger partial charge in [-0.3, -0.25) is 9.59 Å². The van der Waals surface area contributed by atoms with Gasteiger partial charge in [-0.25, -0.2) is 0 Å². The lowest BCUT2D eigenvalue weighted by Gasteiger charge is -2.36. The second-order valence-corrected chi connectivity index (χ2v) is 6.86. The summed E-state index contributed by atoms with van der Waals surface area (Å²) in [5.74, 6) is 0.455. The van der Waals surface area contributed by atoms with E-state index in [4.69, 9.17) is 0 Å². The van der Waals surface area contributed by atoms with Crippen LogP contribution < -0.4 is 5.32 Å². The second-order valence-electron chi connectivity index (χ2n) is 6.86. The Morgan fingerprint density at radius 2 is 1.85 bits per heavy atom. The van der Waals surface area contributed by atoms with Crippen LogP contribution in [0, 0.1) is 11.3 Å². The number of hydrogen-bond acceptors (Lipinski definition) is 2. The molecule has 4 nitrogen and oxygen atoms in total. The lowest BCUT2D eigenvalue weighted by Crippen LogP contribution is -2.52. The Balaban J connectivity index is 2.59. The molecule has 0 aromatic rings. The molecule has 4 heteroatoms. The predicted molar refractivity (Wildman–Crippen MR) is 81.3 cm³/mol. The summed E-state index contributed by atoms with van der Waals surface area (Å²) in [5, 5.41) is 3.09. The molecular weight excluding hydrogens is 252 g/mol. The zero-order chi connectivity index (χ0) is 15.3. The predicted octanol–water partition coefficient (Wildman–Crippen LogP) is 2.58. The molecule has 20 heavy (non-hydrogen) atoms. The molecule has 0 aliphatic carbocycles. The van der Waals surface area contributed by atoms with Gasteiger partial charge in [0.2, 0.25) is 11.8 Å². The average Bonchev–Trinajstić information content (AvgIpc) is 2.39. The van der Waals surface area contributed by atoms with E-state index in [1.54, 1.807) is 0 Å². The molecule has 0 aromatic heterocycles. The summed E-state index contributed by atoms with van der Waals surface area (Å²) in [7, 11) is 0. The number of nitrogens with one attached hydrogen (secondary N) is 1. The first-order valence-corrected chi connectivity index (χ1v) is 7.89. The number of likely N-dealkylation sites (tertiary alicyclic amines) is 1. The minimum absolute atomic E-state index is 0.0688. The van der Waals surface area contributed by atoms with E-state index in [2.05, 4.69) is 19.2 Å². The molecule has 1 heterocycles. The van der Waals surface area contributed by atoms with Gasteiger partial charge in [0.25, 0.3) is 0 Å². The monoisotopic (exact) mass is 282 g/mol. The number of rotatable bonds is 4. The molecule has 0 radical (unpaired) electrons. The van der Waals surface area contributed by atoms with Crippen molar-refractivity contribution in [2.75, 3.05) is 13.1 Å². The molecule has 1 unspecified atom stereocenters. The highest BCUT2D eigenvalue weighted by molar-refractivity contribution is 5.82. The van der Waals surface area contributed by atoms with Gasteiger partial charge < -0.3 is 10.2 Å². The molecule has 1 rings (SSSR count). The molecular formula is C16H30N2O2. The Labute approximate surface area is 123 Å². The highest BCUT2D eigenvalue weighted by Gasteiger charge is 2.30. The number of hydrogen-bond donors (Lipinski definition) is 1. The van der Waals surface area contributed by atoms with Crippen LogP contribution in [0.2, 0.25) is 0 Å². The van der Waals surface area contributed by atoms with Gasteiger partial charge in [0.1, 0.15) is 0 Å². The molecule has 1 saturated heterocycles. The Bertz CT molecular complexity index is 343. The first kappa shape index (κ1) is 17.0. The van der Waals surface area contributed by atoms with Crippen LogP contribution in [0.25, 0.3) is 0 Å². The van der Waals surface area contributed by atoms with Crippen LogP contribution in [0.3, 0.4) is 0 Å². The molecule has 1 aliphatic rings. The molecule has 1 atom stereocenters. The van der Waals surface area contributed by atoms with Crippen molar-refractivity contribution in [3.05, 3.63) is 0 Å². The first-order valence-electron chi connectivity index (χ1n) is 7.89. The molecule has 0 spiro atoms. The number of carbonyl (C=O) groups excluding carboxylic acids is 2. The quantitative estimate of drug-likeness (QED) is 0.861. The summed E-state index contributed by atoms with van der Waals surface area (Å²) in [6.07, 6.45) is 3.73. The summed E-state index contributed by atoms with van der Waals surface area (Å²) in [5.41, 5.74) is -0.373. The Hall–Kier alpha value is -1.06. The van der Waals surface area contributed by atoms with E-state index in [0.29, 0.717) is 6.54 Å².